The van der Waals surface area contributed by atoms with E-state index in [0.29, 0.717) is 39.8 Å². The quantitative estimate of drug-likeness (QED) is 0.621. The molecule has 3 rings (SSSR count). The van der Waals surface area contributed by atoms with Crippen molar-refractivity contribution in [1.29, 1.82) is 0 Å². The summed E-state index contributed by atoms with van der Waals surface area (Å²) >= 11 is 12.4. The van der Waals surface area contributed by atoms with Crippen molar-refractivity contribution in [2.75, 3.05) is 6.54 Å². The van der Waals surface area contributed by atoms with E-state index >= 15 is 0 Å². The summed E-state index contributed by atoms with van der Waals surface area (Å²) in [5.74, 6) is -0.369. The SMILES string of the molecule is CCCCNC(=O)C1C(C)=C(c2ccc(Cl)cc2Cl)C(=O)N1Cc1ccccc1. The maximum absolute atomic E-state index is 13.4. The Balaban J connectivity index is 1.99. The van der Waals surface area contributed by atoms with Gasteiger partial charge in [-0.15, -0.1) is 0 Å². The first kappa shape index (κ1) is 21.4. The standard InChI is InChI=1S/C23H24Cl2N2O2/c1-3-4-12-26-22(28)21-15(2)20(18-11-10-17(24)13-19(18)25)23(29)27(21)14-16-8-6-5-7-9-16/h5-11,13,21H,3-4,12,14H2,1-2H3,(H,26,28). The molecule has 1 unspecified atom stereocenters. The number of hydrogen-bond acceptors (Lipinski definition) is 2. The highest BCUT2D eigenvalue weighted by atomic mass is 35.5. The van der Waals surface area contributed by atoms with Gasteiger partial charge in [0.05, 0.1) is 5.02 Å². The first-order valence-corrected chi connectivity index (χ1v) is 10.5. The number of halogens is 2. The summed E-state index contributed by atoms with van der Waals surface area (Å²) in [5, 5.41) is 3.86. The molecule has 4 nitrogen and oxygen atoms in total. The Bertz CT molecular complexity index is 941. The summed E-state index contributed by atoms with van der Waals surface area (Å²) in [5.41, 5.74) is 2.73. The van der Waals surface area contributed by atoms with E-state index in [0.717, 1.165) is 18.4 Å². The molecule has 0 saturated carbocycles. The van der Waals surface area contributed by atoms with Gasteiger partial charge in [0.2, 0.25) is 5.91 Å². The molecule has 0 spiro atoms. The van der Waals surface area contributed by atoms with Crippen molar-refractivity contribution in [3.63, 3.8) is 0 Å². The Hall–Kier alpha value is -2.30. The van der Waals surface area contributed by atoms with Crippen LogP contribution in [0.2, 0.25) is 10.0 Å². The Morgan fingerprint density at radius 3 is 2.52 bits per heavy atom. The zero-order valence-electron chi connectivity index (χ0n) is 16.5. The predicted octanol–water partition coefficient (Wildman–Crippen LogP) is 5.09. The number of hydrogen-bond donors (Lipinski definition) is 1. The van der Waals surface area contributed by atoms with E-state index < -0.39 is 6.04 Å². The minimum Gasteiger partial charge on any atom is -0.354 e. The van der Waals surface area contributed by atoms with Crippen LogP contribution in [-0.2, 0) is 16.1 Å². The topological polar surface area (TPSA) is 49.4 Å². The minimum atomic E-state index is -0.665. The lowest BCUT2D eigenvalue weighted by atomic mass is 9.99. The van der Waals surface area contributed by atoms with Crippen molar-refractivity contribution in [1.82, 2.24) is 10.2 Å². The van der Waals surface area contributed by atoms with Gasteiger partial charge < -0.3 is 10.2 Å². The lowest BCUT2D eigenvalue weighted by molar-refractivity contribution is -0.134. The fraction of sp³-hybridized carbons (Fsp3) is 0.304. The fourth-order valence-electron chi connectivity index (χ4n) is 3.59. The monoisotopic (exact) mass is 430 g/mol. The van der Waals surface area contributed by atoms with Gasteiger partial charge in [-0.2, -0.15) is 0 Å². The molecule has 29 heavy (non-hydrogen) atoms. The van der Waals surface area contributed by atoms with E-state index in [4.69, 9.17) is 23.2 Å². The van der Waals surface area contributed by atoms with E-state index in [9.17, 15) is 9.59 Å². The van der Waals surface area contributed by atoms with Crippen LogP contribution in [0.3, 0.4) is 0 Å². The molecule has 152 valence electrons. The van der Waals surface area contributed by atoms with Crippen LogP contribution in [0, 0.1) is 0 Å². The van der Waals surface area contributed by atoms with E-state index in [2.05, 4.69) is 12.2 Å². The molecular formula is C23H24Cl2N2O2. The smallest absolute Gasteiger partial charge is 0.255 e. The molecule has 1 aliphatic rings. The summed E-state index contributed by atoms with van der Waals surface area (Å²) in [7, 11) is 0. The normalized spacial score (nSPS) is 16.5. The number of nitrogens with one attached hydrogen (secondary N) is 1. The second-order valence-corrected chi connectivity index (χ2v) is 7.99. The van der Waals surface area contributed by atoms with Crippen molar-refractivity contribution < 1.29 is 9.59 Å². The van der Waals surface area contributed by atoms with Crippen molar-refractivity contribution in [3.8, 4) is 0 Å². The molecule has 1 N–H and O–H groups in total. The van der Waals surface area contributed by atoms with Gasteiger partial charge in [-0.05, 0) is 36.6 Å². The highest BCUT2D eigenvalue weighted by Crippen LogP contribution is 2.37. The summed E-state index contributed by atoms with van der Waals surface area (Å²) in [6.07, 6.45) is 1.88. The summed E-state index contributed by atoms with van der Waals surface area (Å²) in [4.78, 5) is 28.0. The third-order valence-corrected chi connectivity index (χ3v) is 5.61. The Labute approximate surface area is 181 Å². The lowest BCUT2D eigenvalue weighted by Crippen LogP contribution is -2.46. The van der Waals surface area contributed by atoms with Gasteiger partial charge in [0.15, 0.2) is 0 Å². The second kappa shape index (κ2) is 9.47. The Kier molecular flexibility index (Phi) is 6.99. The molecule has 2 aromatic rings. The van der Waals surface area contributed by atoms with Crippen LogP contribution in [0.5, 0.6) is 0 Å². The van der Waals surface area contributed by atoms with Gasteiger partial charge >= 0.3 is 0 Å². The lowest BCUT2D eigenvalue weighted by Gasteiger charge is -2.25. The molecule has 6 heteroatoms. The van der Waals surface area contributed by atoms with Gasteiger partial charge in [-0.3, -0.25) is 9.59 Å². The fourth-order valence-corrected chi connectivity index (χ4v) is 4.09. The minimum absolute atomic E-state index is 0.166. The Morgan fingerprint density at radius 2 is 1.86 bits per heavy atom. The van der Waals surface area contributed by atoms with Crippen LogP contribution in [-0.4, -0.2) is 29.3 Å². The van der Waals surface area contributed by atoms with Crippen molar-refractivity contribution in [2.24, 2.45) is 0 Å². The number of carbonyl (C=O) groups excluding carboxylic acids is 2. The molecule has 1 atom stereocenters. The molecule has 0 saturated heterocycles. The zero-order chi connectivity index (χ0) is 21.0. The van der Waals surface area contributed by atoms with E-state index in [1.807, 2.05) is 37.3 Å². The largest absolute Gasteiger partial charge is 0.354 e. The zero-order valence-corrected chi connectivity index (χ0v) is 18.1. The molecule has 0 aliphatic carbocycles. The highest BCUT2D eigenvalue weighted by Gasteiger charge is 2.42. The van der Waals surface area contributed by atoms with Crippen molar-refractivity contribution in [3.05, 3.63) is 75.3 Å². The van der Waals surface area contributed by atoms with E-state index in [-0.39, 0.29) is 11.8 Å². The third-order valence-electron chi connectivity index (χ3n) is 5.07. The number of nitrogens with zero attached hydrogens (tertiary/aromatic N) is 1. The van der Waals surface area contributed by atoms with Gasteiger partial charge in [0, 0.05) is 29.2 Å². The molecular weight excluding hydrogens is 407 g/mol. The predicted molar refractivity (Wildman–Crippen MR) is 118 cm³/mol. The number of rotatable bonds is 7. The molecule has 0 bridgehead atoms. The molecule has 2 aromatic carbocycles. The van der Waals surface area contributed by atoms with Crippen molar-refractivity contribution in [2.45, 2.75) is 39.3 Å². The van der Waals surface area contributed by atoms with Crippen LogP contribution in [0.4, 0.5) is 0 Å². The molecule has 0 fully saturated rings. The molecule has 0 radical (unpaired) electrons. The third kappa shape index (κ3) is 4.65. The van der Waals surface area contributed by atoms with Crippen LogP contribution >= 0.6 is 23.2 Å². The van der Waals surface area contributed by atoms with Crippen LogP contribution < -0.4 is 5.32 Å². The number of unbranched alkanes of at least 4 members (excludes halogenated alkanes) is 1. The first-order chi connectivity index (χ1) is 13.9. The van der Waals surface area contributed by atoms with Crippen molar-refractivity contribution >= 4 is 40.6 Å². The number of amides is 2. The average Bonchev–Trinajstić information content (AvgIpc) is 2.93. The van der Waals surface area contributed by atoms with Crippen LogP contribution in [0.15, 0.2) is 54.1 Å². The maximum atomic E-state index is 13.4. The van der Waals surface area contributed by atoms with Gasteiger partial charge in [0.1, 0.15) is 6.04 Å². The number of carbonyl (C=O) groups is 2. The van der Waals surface area contributed by atoms with Gasteiger partial charge in [-0.1, -0.05) is 72.9 Å². The molecule has 0 aromatic heterocycles. The van der Waals surface area contributed by atoms with Gasteiger partial charge in [-0.25, -0.2) is 0 Å². The highest BCUT2D eigenvalue weighted by molar-refractivity contribution is 6.38. The summed E-state index contributed by atoms with van der Waals surface area (Å²) in [6, 6.07) is 14.0. The summed E-state index contributed by atoms with van der Waals surface area (Å²) in [6.45, 7) is 4.83. The Morgan fingerprint density at radius 1 is 1.14 bits per heavy atom. The maximum Gasteiger partial charge on any atom is 0.255 e. The van der Waals surface area contributed by atoms with E-state index in [1.165, 1.54) is 0 Å². The van der Waals surface area contributed by atoms with Crippen LogP contribution in [0.1, 0.15) is 37.8 Å². The second-order valence-electron chi connectivity index (χ2n) is 7.15. The molecule has 2 amide bonds. The first-order valence-electron chi connectivity index (χ1n) is 9.72. The van der Waals surface area contributed by atoms with E-state index in [1.54, 1.807) is 23.1 Å². The number of benzene rings is 2. The molecule has 1 heterocycles. The summed E-state index contributed by atoms with van der Waals surface area (Å²) < 4.78 is 0. The average molecular weight is 431 g/mol. The van der Waals surface area contributed by atoms with Gasteiger partial charge in [0.25, 0.3) is 5.91 Å². The molecule has 1 aliphatic heterocycles. The van der Waals surface area contributed by atoms with Crippen LogP contribution in [0.25, 0.3) is 5.57 Å².